The first-order chi connectivity index (χ1) is 7.79. The highest BCUT2D eigenvalue weighted by atomic mass is 19.1. The number of nitrogens with one attached hydrogen (secondary N) is 1. The summed E-state index contributed by atoms with van der Waals surface area (Å²) in [6.07, 6.45) is 5.11. The van der Waals surface area contributed by atoms with Gasteiger partial charge < -0.3 is 10.1 Å². The van der Waals surface area contributed by atoms with E-state index >= 15 is 0 Å². The van der Waals surface area contributed by atoms with Gasteiger partial charge in [0.25, 0.3) is 0 Å². The Hall–Kier alpha value is -1.58. The molecule has 0 aromatic heterocycles. The zero-order chi connectivity index (χ0) is 11.4. The second-order valence-electron chi connectivity index (χ2n) is 3.93. The first-order valence-corrected chi connectivity index (χ1v) is 5.46. The summed E-state index contributed by atoms with van der Waals surface area (Å²) in [5.41, 5.74) is 0.391. The van der Waals surface area contributed by atoms with Crippen molar-refractivity contribution in [3.05, 3.63) is 24.0 Å². The Bertz CT molecular complexity index is 375. The Morgan fingerprint density at radius 3 is 2.81 bits per heavy atom. The number of anilines is 1. The number of ether oxygens (including phenoxy) is 1. The molecule has 0 radical (unpaired) electrons. The van der Waals surface area contributed by atoms with E-state index in [0.717, 1.165) is 12.8 Å². The van der Waals surface area contributed by atoms with Crippen molar-refractivity contribution in [3.8, 4) is 5.75 Å². The molecular weight excluding hydrogens is 209 g/mol. The average Bonchev–Trinajstić information content (AvgIpc) is 2.75. The monoisotopic (exact) mass is 223 g/mol. The number of rotatable bonds is 4. The van der Waals surface area contributed by atoms with Crippen molar-refractivity contribution in [2.45, 2.75) is 31.8 Å². The lowest BCUT2D eigenvalue weighted by molar-refractivity contribution is -0.105. The third-order valence-corrected chi connectivity index (χ3v) is 2.75. The van der Waals surface area contributed by atoms with Crippen LogP contribution in [0.4, 0.5) is 10.1 Å². The Morgan fingerprint density at radius 1 is 1.38 bits per heavy atom. The summed E-state index contributed by atoms with van der Waals surface area (Å²) in [5.74, 6) is 0.156. The van der Waals surface area contributed by atoms with Gasteiger partial charge in [0.1, 0.15) is 11.6 Å². The molecule has 0 bridgehead atoms. The minimum absolute atomic E-state index is 0.192. The van der Waals surface area contributed by atoms with Crippen LogP contribution >= 0.6 is 0 Å². The van der Waals surface area contributed by atoms with E-state index in [1.807, 2.05) is 0 Å². The third-order valence-electron chi connectivity index (χ3n) is 2.75. The molecule has 1 aliphatic carbocycles. The van der Waals surface area contributed by atoms with Gasteiger partial charge >= 0.3 is 0 Å². The van der Waals surface area contributed by atoms with Gasteiger partial charge in [0.15, 0.2) is 0 Å². The van der Waals surface area contributed by atoms with Gasteiger partial charge in [-0.3, -0.25) is 4.79 Å². The lowest BCUT2D eigenvalue weighted by atomic mass is 10.2. The molecule has 1 saturated carbocycles. The Balaban J connectivity index is 2.14. The molecule has 16 heavy (non-hydrogen) atoms. The highest BCUT2D eigenvalue weighted by molar-refractivity contribution is 5.75. The van der Waals surface area contributed by atoms with Gasteiger partial charge in [-0.15, -0.1) is 0 Å². The standard InChI is InChI=1S/C12H14FNO2/c13-9-5-6-12(11(7-9)14-8-15)16-10-3-1-2-4-10/h5-8,10H,1-4H2,(H,14,15). The smallest absolute Gasteiger partial charge is 0.211 e. The normalized spacial score (nSPS) is 16.1. The zero-order valence-electron chi connectivity index (χ0n) is 8.91. The molecule has 4 heteroatoms. The first-order valence-electron chi connectivity index (χ1n) is 5.46. The second kappa shape index (κ2) is 4.96. The van der Waals surface area contributed by atoms with E-state index in [4.69, 9.17) is 4.74 Å². The SMILES string of the molecule is O=CNc1cc(F)ccc1OC1CCCC1. The van der Waals surface area contributed by atoms with E-state index in [-0.39, 0.29) is 11.9 Å². The quantitative estimate of drug-likeness (QED) is 0.797. The molecule has 1 amide bonds. The summed E-state index contributed by atoms with van der Waals surface area (Å²) >= 11 is 0. The maximum absolute atomic E-state index is 13.0. The lowest BCUT2D eigenvalue weighted by Crippen LogP contribution is -2.12. The van der Waals surface area contributed by atoms with Crippen molar-refractivity contribution < 1.29 is 13.9 Å². The van der Waals surface area contributed by atoms with Crippen molar-refractivity contribution in [2.75, 3.05) is 5.32 Å². The predicted molar refractivity (Wildman–Crippen MR) is 59.0 cm³/mol. The fourth-order valence-corrected chi connectivity index (χ4v) is 1.97. The van der Waals surface area contributed by atoms with Crippen molar-refractivity contribution in [1.29, 1.82) is 0 Å². The van der Waals surface area contributed by atoms with Crippen molar-refractivity contribution in [1.82, 2.24) is 0 Å². The van der Waals surface area contributed by atoms with Gasteiger partial charge in [-0.2, -0.15) is 0 Å². The maximum Gasteiger partial charge on any atom is 0.211 e. The number of amides is 1. The predicted octanol–water partition coefficient (Wildman–Crippen LogP) is 2.72. The fourth-order valence-electron chi connectivity index (χ4n) is 1.97. The Kier molecular flexibility index (Phi) is 3.39. The van der Waals surface area contributed by atoms with Gasteiger partial charge in [0.2, 0.25) is 6.41 Å². The van der Waals surface area contributed by atoms with Crippen molar-refractivity contribution in [2.24, 2.45) is 0 Å². The summed E-state index contributed by atoms with van der Waals surface area (Å²) in [5, 5.41) is 2.45. The molecule has 1 aliphatic rings. The molecular formula is C12H14FNO2. The molecule has 1 fully saturated rings. The van der Waals surface area contributed by atoms with Gasteiger partial charge in [-0.1, -0.05) is 0 Å². The van der Waals surface area contributed by atoms with Crippen LogP contribution in [0.1, 0.15) is 25.7 Å². The van der Waals surface area contributed by atoms with E-state index in [9.17, 15) is 9.18 Å². The zero-order valence-corrected chi connectivity index (χ0v) is 8.91. The molecule has 0 heterocycles. The molecule has 0 spiro atoms. The fraction of sp³-hybridized carbons (Fsp3) is 0.417. The maximum atomic E-state index is 13.0. The number of hydrogen-bond donors (Lipinski definition) is 1. The lowest BCUT2D eigenvalue weighted by Gasteiger charge is -2.15. The largest absolute Gasteiger partial charge is 0.488 e. The number of benzene rings is 1. The van der Waals surface area contributed by atoms with Gasteiger partial charge in [0, 0.05) is 6.07 Å². The topological polar surface area (TPSA) is 38.3 Å². The molecule has 1 N–H and O–H groups in total. The van der Waals surface area contributed by atoms with Gasteiger partial charge in [-0.25, -0.2) is 4.39 Å². The number of carbonyl (C=O) groups is 1. The van der Waals surface area contributed by atoms with Crippen LogP contribution < -0.4 is 10.1 Å². The van der Waals surface area contributed by atoms with Crippen molar-refractivity contribution >= 4 is 12.1 Å². The molecule has 86 valence electrons. The molecule has 1 aromatic carbocycles. The number of carbonyl (C=O) groups excluding carboxylic acids is 1. The van der Waals surface area contributed by atoms with Crippen LogP contribution in [0.2, 0.25) is 0 Å². The van der Waals surface area contributed by atoms with Crippen molar-refractivity contribution in [3.63, 3.8) is 0 Å². The molecule has 0 atom stereocenters. The molecule has 1 aromatic rings. The summed E-state index contributed by atoms with van der Waals surface area (Å²) < 4.78 is 18.7. The van der Waals surface area contributed by atoms with Gasteiger partial charge in [0.05, 0.1) is 11.8 Å². The minimum atomic E-state index is -0.386. The van der Waals surface area contributed by atoms with E-state index in [0.29, 0.717) is 17.8 Å². The van der Waals surface area contributed by atoms with E-state index in [1.165, 1.54) is 25.0 Å². The van der Waals surface area contributed by atoms with E-state index in [1.54, 1.807) is 6.07 Å². The van der Waals surface area contributed by atoms with Crippen LogP contribution in [0.5, 0.6) is 5.75 Å². The summed E-state index contributed by atoms with van der Waals surface area (Å²) in [4.78, 5) is 10.4. The molecule has 3 nitrogen and oxygen atoms in total. The average molecular weight is 223 g/mol. The summed E-state index contributed by atoms with van der Waals surface area (Å²) in [6, 6.07) is 4.15. The Labute approximate surface area is 93.6 Å². The van der Waals surface area contributed by atoms with Crippen LogP contribution in [0.15, 0.2) is 18.2 Å². The number of hydrogen-bond acceptors (Lipinski definition) is 2. The molecule has 2 rings (SSSR count). The minimum Gasteiger partial charge on any atom is -0.488 e. The van der Waals surface area contributed by atoms with Crippen LogP contribution in [-0.4, -0.2) is 12.5 Å². The van der Waals surface area contributed by atoms with Crippen LogP contribution in [0.25, 0.3) is 0 Å². The Morgan fingerprint density at radius 2 is 2.12 bits per heavy atom. The molecule has 0 saturated heterocycles. The summed E-state index contributed by atoms with van der Waals surface area (Å²) in [7, 11) is 0. The summed E-state index contributed by atoms with van der Waals surface area (Å²) in [6.45, 7) is 0. The first kappa shape index (κ1) is 10.9. The third kappa shape index (κ3) is 2.51. The molecule has 0 unspecified atom stereocenters. The van der Waals surface area contributed by atoms with E-state index in [2.05, 4.69) is 5.32 Å². The highest BCUT2D eigenvalue weighted by Crippen LogP contribution is 2.30. The van der Waals surface area contributed by atoms with E-state index < -0.39 is 0 Å². The molecule has 0 aliphatic heterocycles. The van der Waals surface area contributed by atoms with Crippen LogP contribution in [0.3, 0.4) is 0 Å². The van der Waals surface area contributed by atoms with Crippen LogP contribution in [0, 0.1) is 5.82 Å². The second-order valence-corrected chi connectivity index (χ2v) is 3.93. The van der Waals surface area contributed by atoms with Gasteiger partial charge in [-0.05, 0) is 37.8 Å². The van der Waals surface area contributed by atoms with Crippen LogP contribution in [-0.2, 0) is 4.79 Å². The highest BCUT2D eigenvalue weighted by Gasteiger charge is 2.18. The number of halogens is 1.